The summed E-state index contributed by atoms with van der Waals surface area (Å²) in [5.41, 5.74) is 0. The Morgan fingerprint density at radius 3 is 2.38 bits per heavy atom. The van der Waals surface area contributed by atoms with Crippen molar-refractivity contribution >= 4 is 5.97 Å². The van der Waals surface area contributed by atoms with E-state index in [2.05, 4.69) is 13.5 Å². The zero-order valence-electron chi connectivity index (χ0n) is 8.71. The molecule has 3 nitrogen and oxygen atoms in total. The molecule has 1 atom stereocenters. The number of carbonyl (C=O) groups excluding carboxylic acids is 1. The third-order valence-electron chi connectivity index (χ3n) is 2.25. The van der Waals surface area contributed by atoms with Crippen molar-refractivity contribution in [2.75, 3.05) is 20.6 Å². The van der Waals surface area contributed by atoms with Gasteiger partial charge in [-0.15, -0.1) is 0 Å². The second-order valence-corrected chi connectivity index (χ2v) is 3.34. The molecule has 0 radical (unpaired) electrons. The molecule has 0 bridgehead atoms. The van der Waals surface area contributed by atoms with Crippen molar-refractivity contribution in [2.45, 2.75) is 20.1 Å². The summed E-state index contributed by atoms with van der Waals surface area (Å²) in [6, 6.07) is 0. The highest BCUT2D eigenvalue weighted by molar-refractivity contribution is 5.81. The zero-order chi connectivity index (χ0) is 9.78. The van der Waals surface area contributed by atoms with Gasteiger partial charge in [0.25, 0.3) is 0 Å². The lowest BCUT2D eigenvalue weighted by atomic mass is 10.4. The zero-order valence-corrected chi connectivity index (χ0v) is 10.3. The van der Waals surface area contributed by atoms with Crippen LogP contribution in [0.3, 0.4) is 0 Å². The van der Waals surface area contributed by atoms with Gasteiger partial charge in [-0.1, -0.05) is 6.58 Å². The molecule has 4 heteroatoms. The first-order valence-electron chi connectivity index (χ1n) is 4.09. The fourth-order valence-electron chi connectivity index (χ4n) is 0.616. The van der Waals surface area contributed by atoms with Crippen LogP contribution in [0.25, 0.3) is 0 Å². The van der Waals surface area contributed by atoms with Crippen LogP contribution < -0.4 is 17.0 Å². The lowest BCUT2D eigenvalue weighted by Gasteiger charge is -2.33. The maximum atomic E-state index is 10.8. The normalized spacial score (nSPS) is 12.6. The van der Waals surface area contributed by atoms with E-state index in [0.29, 0.717) is 4.48 Å². The van der Waals surface area contributed by atoms with Crippen molar-refractivity contribution in [3.8, 4) is 0 Å². The average Bonchev–Trinajstić information content (AvgIpc) is 2.04. The second-order valence-electron chi connectivity index (χ2n) is 3.34. The smallest absolute Gasteiger partial charge is 0.334 e. The van der Waals surface area contributed by atoms with Gasteiger partial charge < -0.3 is 21.7 Å². The molecule has 0 N–H and O–H groups in total. The Hall–Kier alpha value is -0.350. The highest BCUT2D eigenvalue weighted by Crippen LogP contribution is 2.07. The molecule has 0 saturated heterocycles. The van der Waals surface area contributed by atoms with E-state index < -0.39 is 0 Å². The molecule has 0 saturated carbocycles. The van der Waals surface area contributed by atoms with Gasteiger partial charge >= 0.3 is 5.97 Å². The van der Waals surface area contributed by atoms with E-state index in [1.807, 2.05) is 21.0 Å². The summed E-state index contributed by atoms with van der Waals surface area (Å²) >= 11 is 0. The Kier molecular flexibility index (Phi) is 7.17. The van der Waals surface area contributed by atoms with Crippen LogP contribution in [0.2, 0.25) is 0 Å². The Balaban J connectivity index is 0. The van der Waals surface area contributed by atoms with Gasteiger partial charge in [0.2, 0.25) is 6.23 Å². The van der Waals surface area contributed by atoms with Crippen molar-refractivity contribution in [3.05, 3.63) is 12.7 Å². The molecule has 0 amide bonds. The molecule has 0 fully saturated rings. The van der Waals surface area contributed by atoms with E-state index in [0.717, 1.165) is 6.54 Å². The van der Waals surface area contributed by atoms with Crippen LogP contribution in [0.15, 0.2) is 12.7 Å². The Labute approximate surface area is 90.7 Å². The van der Waals surface area contributed by atoms with Gasteiger partial charge in [-0.3, -0.25) is 4.48 Å². The highest BCUT2D eigenvalue weighted by Gasteiger charge is 2.24. The molecule has 0 aliphatic carbocycles. The maximum Gasteiger partial charge on any atom is 0.334 e. The molecule has 0 spiro atoms. The summed E-state index contributed by atoms with van der Waals surface area (Å²) in [4.78, 5) is 10.8. The third kappa shape index (κ3) is 5.05. The fourth-order valence-corrected chi connectivity index (χ4v) is 0.616. The van der Waals surface area contributed by atoms with Gasteiger partial charge in [0.05, 0.1) is 20.6 Å². The average molecular weight is 252 g/mol. The minimum Gasteiger partial charge on any atom is -1.00 e. The van der Waals surface area contributed by atoms with Gasteiger partial charge in [0.1, 0.15) is 0 Å². The van der Waals surface area contributed by atoms with E-state index >= 15 is 0 Å². The number of quaternary nitrogens is 1. The molecule has 0 aromatic carbocycles. The van der Waals surface area contributed by atoms with Crippen molar-refractivity contribution in [1.29, 1.82) is 0 Å². The first-order valence-corrected chi connectivity index (χ1v) is 4.09. The number of carbonyl (C=O) groups is 1. The largest absolute Gasteiger partial charge is 1.00 e. The predicted octanol–water partition coefficient (Wildman–Crippen LogP) is -1.84. The summed E-state index contributed by atoms with van der Waals surface area (Å²) in [6.07, 6.45) is 1.06. The molecule has 0 rings (SSSR count). The number of hydrogen-bond acceptors (Lipinski definition) is 2. The van der Waals surface area contributed by atoms with E-state index in [4.69, 9.17) is 4.74 Å². The first kappa shape index (κ1) is 15.1. The van der Waals surface area contributed by atoms with Gasteiger partial charge in [-0.25, -0.2) is 4.79 Å². The van der Waals surface area contributed by atoms with Gasteiger partial charge in [-0.05, 0) is 6.92 Å². The number of esters is 1. The quantitative estimate of drug-likeness (QED) is 0.254. The van der Waals surface area contributed by atoms with Crippen LogP contribution in [0.1, 0.15) is 13.8 Å². The lowest BCUT2D eigenvalue weighted by Crippen LogP contribution is -3.00. The number of halogens is 1. The lowest BCUT2D eigenvalue weighted by molar-refractivity contribution is -0.931. The number of hydrogen-bond donors (Lipinski definition) is 0. The van der Waals surface area contributed by atoms with Crippen LogP contribution in [-0.4, -0.2) is 37.3 Å². The van der Waals surface area contributed by atoms with Crippen LogP contribution in [0.5, 0.6) is 0 Å². The van der Waals surface area contributed by atoms with Crippen molar-refractivity contribution in [1.82, 2.24) is 0 Å². The Morgan fingerprint density at radius 2 is 2.08 bits per heavy atom. The first-order chi connectivity index (χ1) is 5.44. The summed E-state index contributed by atoms with van der Waals surface area (Å²) in [5.74, 6) is -0.359. The second kappa shape index (κ2) is 6.16. The summed E-state index contributed by atoms with van der Waals surface area (Å²) in [6.45, 7) is 8.20. The summed E-state index contributed by atoms with van der Waals surface area (Å²) in [7, 11) is 4.03. The fraction of sp³-hybridized carbons (Fsp3) is 0.667. The topological polar surface area (TPSA) is 26.3 Å². The SMILES string of the molecule is C=CC(=O)OC(C)[N+](C)(C)CC.[Br-]. The van der Waals surface area contributed by atoms with Crippen molar-refractivity contribution < 1.29 is 31.0 Å². The standard InChI is InChI=1S/C9H18NO2.BrH/c1-6-9(11)12-8(3)10(4,5)7-2;/h6,8H,1,7H2,2-5H3;1H/q+1;/p-1. The number of rotatable bonds is 4. The molecule has 13 heavy (non-hydrogen) atoms. The van der Waals surface area contributed by atoms with Crippen LogP contribution in [0.4, 0.5) is 0 Å². The predicted molar refractivity (Wildman–Crippen MR) is 48.4 cm³/mol. The maximum absolute atomic E-state index is 10.8. The summed E-state index contributed by atoms with van der Waals surface area (Å²) < 4.78 is 5.74. The minimum absolute atomic E-state index is 0. The molecule has 0 aromatic heterocycles. The van der Waals surface area contributed by atoms with E-state index in [9.17, 15) is 4.79 Å². The molecule has 0 aromatic rings. The van der Waals surface area contributed by atoms with E-state index in [1.54, 1.807) is 0 Å². The molecule has 78 valence electrons. The highest BCUT2D eigenvalue weighted by atomic mass is 79.9. The molecule has 0 aliphatic heterocycles. The third-order valence-corrected chi connectivity index (χ3v) is 2.25. The van der Waals surface area contributed by atoms with Crippen LogP contribution >= 0.6 is 0 Å². The van der Waals surface area contributed by atoms with E-state index in [-0.39, 0.29) is 29.2 Å². The number of ether oxygens (including phenoxy) is 1. The van der Waals surface area contributed by atoms with Crippen LogP contribution in [0, 0.1) is 0 Å². The Morgan fingerprint density at radius 1 is 1.62 bits per heavy atom. The molecule has 1 unspecified atom stereocenters. The minimum atomic E-state index is -0.359. The van der Waals surface area contributed by atoms with Gasteiger partial charge in [-0.2, -0.15) is 0 Å². The summed E-state index contributed by atoms with van der Waals surface area (Å²) in [5, 5.41) is 0. The monoisotopic (exact) mass is 251 g/mol. The van der Waals surface area contributed by atoms with E-state index in [1.165, 1.54) is 6.08 Å². The van der Waals surface area contributed by atoms with Crippen LogP contribution in [-0.2, 0) is 9.53 Å². The molecule has 0 heterocycles. The molecular weight excluding hydrogens is 234 g/mol. The Bertz CT molecular complexity index is 180. The van der Waals surface area contributed by atoms with Crippen molar-refractivity contribution in [2.24, 2.45) is 0 Å². The molecule has 0 aliphatic rings. The van der Waals surface area contributed by atoms with Gasteiger partial charge in [0.15, 0.2) is 0 Å². The number of nitrogens with zero attached hydrogens (tertiary/aromatic N) is 1. The van der Waals surface area contributed by atoms with Gasteiger partial charge in [0, 0.05) is 13.0 Å². The van der Waals surface area contributed by atoms with Crippen molar-refractivity contribution in [3.63, 3.8) is 0 Å². The molecular formula is C9H18BrNO2.